The van der Waals surface area contributed by atoms with E-state index in [1.54, 1.807) is 14.1 Å². The van der Waals surface area contributed by atoms with Crippen molar-refractivity contribution in [1.82, 2.24) is 0 Å². The van der Waals surface area contributed by atoms with Crippen molar-refractivity contribution in [3.05, 3.63) is 35.8 Å². The molecule has 0 atom stereocenters. The van der Waals surface area contributed by atoms with Crippen LogP contribution in [-0.4, -0.2) is 25.1 Å². The number of quaternary nitrogens is 1. The van der Waals surface area contributed by atoms with Crippen LogP contribution < -0.4 is 0 Å². The van der Waals surface area contributed by atoms with Crippen molar-refractivity contribution >= 4 is 0 Å². The molecule has 0 heterocycles. The summed E-state index contributed by atoms with van der Waals surface area (Å²) in [5, 5.41) is 0. The van der Waals surface area contributed by atoms with Gasteiger partial charge in [0.25, 0.3) is 0 Å². The Labute approximate surface area is 136 Å². The predicted molar refractivity (Wildman–Crippen MR) is 89.7 cm³/mol. The van der Waals surface area contributed by atoms with Crippen LogP contribution in [0.3, 0.4) is 0 Å². The van der Waals surface area contributed by atoms with E-state index in [0.717, 1.165) is 19.3 Å². The van der Waals surface area contributed by atoms with Crippen LogP contribution in [-0.2, 0) is 6.50 Å². The number of rotatable bonds is 11. The third kappa shape index (κ3) is 8.37. The summed E-state index contributed by atoms with van der Waals surface area (Å²) >= 11 is 0. The maximum atomic E-state index is 8.58. The maximum absolute atomic E-state index is 8.58. The van der Waals surface area contributed by atoms with Crippen LogP contribution in [0.4, 0.5) is 0 Å². The normalized spacial score (nSPS) is 17.4. The lowest BCUT2D eigenvalue weighted by molar-refractivity contribution is -0.903. The minimum Gasteiger partial charge on any atom is -0.325 e. The average molecular weight is 284 g/mol. The first kappa shape index (κ1) is 9.25. The highest BCUT2D eigenvalue weighted by atomic mass is 15.3. The molecule has 0 fully saturated rings. The van der Waals surface area contributed by atoms with Gasteiger partial charge in [-0.1, -0.05) is 75.7 Å². The molecule has 0 saturated carbocycles. The second-order valence-corrected chi connectivity index (χ2v) is 6.00. The van der Waals surface area contributed by atoms with Gasteiger partial charge in [-0.05, 0) is 12.8 Å². The number of benzene rings is 1. The van der Waals surface area contributed by atoms with E-state index >= 15 is 0 Å². The molecular weight excluding hydrogens is 242 g/mol. The van der Waals surface area contributed by atoms with Gasteiger partial charge in [0.15, 0.2) is 0 Å². The first-order valence-corrected chi connectivity index (χ1v) is 7.89. The van der Waals surface area contributed by atoms with Crippen LogP contribution in [0.15, 0.2) is 30.2 Å². The van der Waals surface area contributed by atoms with Gasteiger partial charge < -0.3 is 4.48 Å². The summed E-state index contributed by atoms with van der Waals surface area (Å²) in [7, 11) is 3.45. The molecular formula is C19H34N+. The summed E-state index contributed by atoms with van der Waals surface area (Å²) in [6.45, 7) is 0.669. The monoisotopic (exact) mass is 283 g/mol. The van der Waals surface area contributed by atoms with Crippen molar-refractivity contribution in [2.75, 3.05) is 20.6 Å². The Kier molecular flexibility index (Phi) is 4.62. The van der Waals surface area contributed by atoms with E-state index in [-0.39, 0.29) is 10.0 Å². The summed E-state index contributed by atoms with van der Waals surface area (Å²) in [6, 6.07) is -2.36. The molecule has 0 amide bonds. The zero-order valence-corrected chi connectivity index (χ0v) is 13.3. The summed E-state index contributed by atoms with van der Waals surface area (Å²) < 4.78 is 56.5. The first-order valence-electron chi connectivity index (χ1n) is 11.4. The minimum atomic E-state index is -2.07. The Morgan fingerprint density at radius 2 is 1.45 bits per heavy atom. The van der Waals surface area contributed by atoms with Crippen LogP contribution in [0.1, 0.15) is 73.4 Å². The molecule has 1 nitrogen and oxygen atoms in total. The number of hydrogen-bond donors (Lipinski definition) is 0. The van der Waals surface area contributed by atoms with Gasteiger partial charge in [0.05, 0.1) is 30.2 Å². The van der Waals surface area contributed by atoms with Gasteiger partial charge in [0.1, 0.15) is 6.50 Å². The highest BCUT2D eigenvalue weighted by Gasteiger charge is 2.14. The van der Waals surface area contributed by atoms with Gasteiger partial charge in [0, 0.05) is 5.56 Å². The molecule has 20 heavy (non-hydrogen) atoms. The van der Waals surface area contributed by atoms with Crippen molar-refractivity contribution < 1.29 is 14.1 Å². The predicted octanol–water partition coefficient (Wildman–Crippen LogP) is 5.40. The van der Waals surface area contributed by atoms with E-state index in [4.69, 9.17) is 9.60 Å². The van der Waals surface area contributed by atoms with Crippen molar-refractivity contribution in [2.45, 2.75) is 64.8 Å². The molecule has 0 bridgehead atoms. The Balaban J connectivity index is 2.82. The second kappa shape index (κ2) is 9.99. The molecule has 0 aromatic heterocycles. The topological polar surface area (TPSA) is 0 Å². The van der Waals surface area contributed by atoms with E-state index < -0.39 is 36.7 Å². The molecule has 1 rings (SSSR count). The van der Waals surface area contributed by atoms with Crippen LogP contribution in [0.25, 0.3) is 0 Å². The van der Waals surface area contributed by atoms with Gasteiger partial charge in [-0.15, -0.1) is 0 Å². The third-order valence-corrected chi connectivity index (χ3v) is 3.49. The minimum absolute atomic E-state index is 0.0726. The van der Waals surface area contributed by atoms with Crippen molar-refractivity contribution in [3.8, 4) is 0 Å². The average Bonchev–Trinajstić information content (AvgIpc) is 2.60. The first-order chi connectivity index (χ1) is 12.5. The lowest BCUT2D eigenvalue weighted by Gasteiger charge is -2.30. The van der Waals surface area contributed by atoms with Crippen LogP contribution in [0, 0.1) is 0 Å². The molecule has 0 radical (unpaired) electrons. The van der Waals surface area contributed by atoms with E-state index in [0.29, 0.717) is 6.54 Å². The molecule has 0 aliphatic carbocycles. The van der Waals surface area contributed by atoms with Gasteiger partial charge in [0.2, 0.25) is 0 Å². The van der Waals surface area contributed by atoms with E-state index in [1.807, 2.05) is 0 Å². The Morgan fingerprint density at radius 1 is 0.900 bits per heavy atom. The van der Waals surface area contributed by atoms with E-state index in [9.17, 15) is 0 Å². The lowest BCUT2D eigenvalue weighted by Crippen LogP contribution is -2.39. The number of hydrogen-bond acceptors (Lipinski definition) is 0. The van der Waals surface area contributed by atoms with Crippen LogP contribution in [0.2, 0.25) is 0 Å². The lowest BCUT2D eigenvalue weighted by atomic mass is 10.1. The van der Waals surface area contributed by atoms with Gasteiger partial charge in [-0.2, -0.15) is 0 Å². The fourth-order valence-electron chi connectivity index (χ4n) is 2.31. The van der Waals surface area contributed by atoms with E-state index in [1.165, 1.54) is 32.1 Å². The fraction of sp³-hybridized carbons (Fsp3) is 0.684. The quantitative estimate of drug-likeness (QED) is 0.376. The van der Waals surface area contributed by atoms with Gasteiger partial charge in [-0.25, -0.2) is 0 Å². The van der Waals surface area contributed by atoms with Crippen LogP contribution in [0.5, 0.6) is 0 Å². The fourth-order valence-corrected chi connectivity index (χ4v) is 2.31. The Morgan fingerprint density at radius 3 is 2.05 bits per heavy atom. The van der Waals surface area contributed by atoms with Gasteiger partial charge >= 0.3 is 0 Å². The van der Waals surface area contributed by atoms with Crippen molar-refractivity contribution in [1.29, 1.82) is 0 Å². The molecule has 1 heteroatoms. The maximum Gasteiger partial charge on any atom is 0.104 e. The SMILES string of the molecule is [2H]c1c([2H])c([2H])c(C([2H])([2H])[N+](C)(C)CCCCCCCCCC)c([2H])c1[2H]. The largest absolute Gasteiger partial charge is 0.325 e. The summed E-state index contributed by atoms with van der Waals surface area (Å²) in [6.07, 6.45) is 9.22. The Bertz CT molecular complexity index is 600. The van der Waals surface area contributed by atoms with Crippen LogP contribution >= 0.6 is 0 Å². The zero-order chi connectivity index (χ0) is 20.8. The Hall–Kier alpha value is -0.820. The highest BCUT2D eigenvalue weighted by molar-refractivity contribution is 5.13. The van der Waals surface area contributed by atoms with Crippen molar-refractivity contribution in [3.63, 3.8) is 0 Å². The molecule has 1 aromatic rings. The molecule has 0 N–H and O–H groups in total. The second-order valence-electron chi connectivity index (χ2n) is 6.00. The molecule has 0 aliphatic rings. The molecule has 0 unspecified atom stereocenters. The molecule has 1 aromatic carbocycles. The summed E-state index contributed by atoms with van der Waals surface area (Å²) in [4.78, 5) is 0. The van der Waals surface area contributed by atoms with Crippen molar-refractivity contribution in [2.24, 2.45) is 0 Å². The standard InChI is InChI=1S/C19H34N/c1-4-5-6-7-8-9-10-14-17-20(2,3)18-19-15-12-11-13-16-19/h11-13,15-16H,4-10,14,17-18H2,1-3H3/q+1/i11D,12D,13D,15D,16D,18D2. The third-order valence-electron chi connectivity index (χ3n) is 3.49. The van der Waals surface area contributed by atoms with Gasteiger partial charge in [-0.3, -0.25) is 0 Å². The smallest absolute Gasteiger partial charge is 0.104 e. The zero-order valence-electron chi connectivity index (χ0n) is 20.3. The summed E-state index contributed by atoms with van der Waals surface area (Å²) in [5.41, 5.74) is -0.252. The molecule has 0 aliphatic heterocycles. The number of nitrogens with zero attached hydrogens (tertiary/aromatic N) is 1. The highest BCUT2D eigenvalue weighted by Crippen LogP contribution is 2.13. The molecule has 0 saturated heterocycles. The molecule has 114 valence electrons. The molecule has 0 spiro atoms. The number of unbranched alkanes of at least 4 members (excludes halogenated alkanes) is 7. The van der Waals surface area contributed by atoms with E-state index in [2.05, 4.69) is 6.92 Å². The summed E-state index contributed by atoms with van der Waals surface area (Å²) in [5.74, 6) is 0.